The molecule has 0 radical (unpaired) electrons. The van der Waals surface area contributed by atoms with Gasteiger partial charge < -0.3 is 9.16 Å². The quantitative estimate of drug-likeness (QED) is 0.562. The Labute approximate surface area is 105 Å². The van der Waals surface area contributed by atoms with Crippen LogP contribution in [0.3, 0.4) is 0 Å². The summed E-state index contributed by atoms with van der Waals surface area (Å²) in [4.78, 5) is 0. The number of allylic oxidation sites excluding steroid dienone is 1. The molecule has 1 aromatic carbocycles. The average Bonchev–Trinajstić information content (AvgIpc) is 2.26. The van der Waals surface area contributed by atoms with Crippen LogP contribution in [0.15, 0.2) is 42.4 Å². The Balaban J connectivity index is 2.64. The molecule has 17 heavy (non-hydrogen) atoms. The van der Waals surface area contributed by atoms with Crippen LogP contribution in [-0.4, -0.2) is 14.9 Å². The van der Waals surface area contributed by atoms with Crippen LogP contribution in [0.5, 0.6) is 0 Å². The van der Waals surface area contributed by atoms with Crippen LogP contribution in [-0.2, 0) is 15.6 Å². The van der Waals surface area contributed by atoms with Gasteiger partial charge in [-0.15, -0.1) is 0 Å². The van der Waals surface area contributed by atoms with E-state index in [1.54, 1.807) is 0 Å². The van der Waals surface area contributed by atoms with Gasteiger partial charge in [-0.25, -0.2) is 0 Å². The smallest absolute Gasteiger partial charge is 0.261 e. The second kappa shape index (κ2) is 6.50. The van der Waals surface area contributed by atoms with E-state index in [2.05, 4.69) is 31.8 Å². The van der Waals surface area contributed by atoms with Gasteiger partial charge in [0.1, 0.15) is 0 Å². The molecule has 94 valence electrons. The molecule has 0 aromatic heterocycles. The van der Waals surface area contributed by atoms with E-state index < -0.39 is 8.32 Å². The molecule has 0 unspecified atom stereocenters. The molecule has 0 saturated carbocycles. The molecule has 0 aliphatic heterocycles. The molecular formula is C14H22O2Si. The van der Waals surface area contributed by atoms with Crippen molar-refractivity contribution in [2.75, 3.05) is 6.61 Å². The zero-order chi connectivity index (χ0) is 12.7. The topological polar surface area (TPSA) is 18.5 Å². The van der Waals surface area contributed by atoms with Crippen molar-refractivity contribution in [1.82, 2.24) is 0 Å². The van der Waals surface area contributed by atoms with Gasteiger partial charge in [0.05, 0.1) is 6.61 Å². The molecule has 1 rings (SSSR count). The van der Waals surface area contributed by atoms with E-state index in [1.807, 2.05) is 31.2 Å². The summed E-state index contributed by atoms with van der Waals surface area (Å²) < 4.78 is 11.4. The highest BCUT2D eigenvalue weighted by atomic mass is 28.4. The Morgan fingerprint density at radius 1 is 1.18 bits per heavy atom. The number of benzene rings is 1. The number of rotatable bonds is 6. The third-order valence-corrected chi connectivity index (χ3v) is 2.85. The number of ether oxygens (including phenoxy) is 1. The Morgan fingerprint density at radius 2 is 1.82 bits per heavy atom. The van der Waals surface area contributed by atoms with Gasteiger partial charge in [0.2, 0.25) is 8.32 Å². The summed E-state index contributed by atoms with van der Waals surface area (Å²) in [5.41, 5.74) is 1.27. The van der Waals surface area contributed by atoms with Crippen LogP contribution in [0, 0.1) is 0 Å². The van der Waals surface area contributed by atoms with Gasteiger partial charge >= 0.3 is 0 Å². The molecule has 0 aliphatic rings. The fourth-order valence-electron chi connectivity index (χ4n) is 1.39. The highest BCUT2D eigenvalue weighted by Gasteiger charge is 2.18. The largest absolute Gasteiger partial charge is 0.520 e. The maximum absolute atomic E-state index is 5.88. The molecule has 0 saturated heterocycles. The van der Waals surface area contributed by atoms with Crippen molar-refractivity contribution in [3.05, 3.63) is 47.9 Å². The van der Waals surface area contributed by atoms with Crippen LogP contribution in [0.25, 0.3) is 0 Å². The zero-order valence-corrected chi connectivity index (χ0v) is 12.2. The fraction of sp³-hybridized carbons (Fsp3) is 0.429. The standard InChI is InChI=1S/C14H22O2Si/c1-5-15-14(16-17(2,3)4)12-11-13-9-7-6-8-10-13/h6-10,12H,5,11H2,1-4H3. The minimum absolute atomic E-state index is 0.644. The van der Waals surface area contributed by atoms with Crippen molar-refractivity contribution in [2.24, 2.45) is 0 Å². The fourth-order valence-corrected chi connectivity index (χ4v) is 2.14. The highest BCUT2D eigenvalue weighted by molar-refractivity contribution is 6.69. The minimum atomic E-state index is -1.59. The molecule has 0 N–H and O–H groups in total. The van der Waals surface area contributed by atoms with Gasteiger partial charge in [0.15, 0.2) is 0 Å². The summed E-state index contributed by atoms with van der Waals surface area (Å²) in [5.74, 6) is 0.676. The van der Waals surface area contributed by atoms with Crippen LogP contribution >= 0.6 is 0 Å². The summed E-state index contributed by atoms with van der Waals surface area (Å²) in [6.45, 7) is 9.09. The van der Waals surface area contributed by atoms with Gasteiger partial charge in [-0.05, 0) is 44.6 Å². The first kappa shape index (κ1) is 13.8. The molecule has 0 fully saturated rings. The molecule has 2 nitrogen and oxygen atoms in total. The van der Waals surface area contributed by atoms with Crippen molar-refractivity contribution >= 4 is 8.32 Å². The van der Waals surface area contributed by atoms with Gasteiger partial charge in [0.25, 0.3) is 5.95 Å². The van der Waals surface area contributed by atoms with Crippen molar-refractivity contribution in [2.45, 2.75) is 33.0 Å². The first-order valence-corrected chi connectivity index (χ1v) is 9.48. The molecule has 0 amide bonds. The van der Waals surface area contributed by atoms with E-state index in [0.717, 1.165) is 6.42 Å². The van der Waals surface area contributed by atoms with Crippen LogP contribution in [0.1, 0.15) is 12.5 Å². The van der Waals surface area contributed by atoms with Crippen molar-refractivity contribution in [3.8, 4) is 0 Å². The van der Waals surface area contributed by atoms with Gasteiger partial charge in [0, 0.05) is 0 Å². The van der Waals surface area contributed by atoms with Crippen molar-refractivity contribution in [1.29, 1.82) is 0 Å². The lowest BCUT2D eigenvalue weighted by Gasteiger charge is -2.21. The predicted octanol–water partition coefficient (Wildman–Crippen LogP) is 3.96. The lowest BCUT2D eigenvalue weighted by molar-refractivity contribution is 0.111. The van der Waals surface area contributed by atoms with E-state index in [9.17, 15) is 0 Å². The van der Waals surface area contributed by atoms with Gasteiger partial charge in [-0.3, -0.25) is 0 Å². The second-order valence-electron chi connectivity index (χ2n) is 4.86. The Kier molecular flexibility index (Phi) is 5.29. The molecule has 0 heterocycles. The second-order valence-corrected chi connectivity index (χ2v) is 9.29. The van der Waals surface area contributed by atoms with E-state index in [0.29, 0.717) is 12.6 Å². The monoisotopic (exact) mass is 250 g/mol. The summed E-state index contributed by atoms with van der Waals surface area (Å²) >= 11 is 0. The predicted molar refractivity (Wildman–Crippen MR) is 74.3 cm³/mol. The Bertz CT molecular complexity index is 352. The molecular weight excluding hydrogens is 228 g/mol. The molecule has 0 bridgehead atoms. The average molecular weight is 250 g/mol. The van der Waals surface area contributed by atoms with Crippen LogP contribution in [0.2, 0.25) is 19.6 Å². The SMILES string of the molecule is CCOC(=CCc1ccccc1)O[Si](C)(C)C. The minimum Gasteiger partial charge on any atom is -0.520 e. The lowest BCUT2D eigenvalue weighted by atomic mass is 10.1. The first-order chi connectivity index (χ1) is 8.01. The third kappa shape index (κ3) is 6.17. The van der Waals surface area contributed by atoms with Crippen molar-refractivity contribution < 1.29 is 9.16 Å². The maximum Gasteiger partial charge on any atom is 0.261 e. The summed E-state index contributed by atoms with van der Waals surface area (Å²) in [7, 11) is -1.59. The summed E-state index contributed by atoms with van der Waals surface area (Å²) in [6, 6.07) is 10.3. The number of hydrogen-bond donors (Lipinski definition) is 0. The van der Waals surface area contributed by atoms with Crippen LogP contribution < -0.4 is 0 Å². The number of hydrogen-bond acceptors (Lipinski definition) is 2. The van der Waals surface area contributed by atoms with E-state index in [-0.39, 0.29) is 0 Å². The molecule has 0 spiro atoms. The van der Waals surface area contributed by atoms with E-state index >= 15 is 0 Å². The molecule has 3 heteroatoms. The van der Waals surface area contributed by atoms with E-state index in [1.165, 1.54) is 5.56 Å². The molecule has 0 atom stereocenters. The van der Waals surface area contributed by atoms with Crippen LogP contribution in [0.4, 0.5) is 0 Å². The summed E-state index contributed by atoms with van der Waals surface area (Å²) in [5, 5.41) is 0. The zero-order valence-electron chi connectivity index (χ0n) is 11.2. The van der Waals surface area contributed by atoms with Gasteiger partial charge in [-0.1, -0.05) is 30.3 Å². The Morgan fingerprint density at radius 3 is 2.35 bits per heavy atom. The van der Waals surface area contributed by atoms with E-state index in [4.69, 9.17) is 9.16 Å². The highest BCUT2D eigenvalue weighted by Crippen LogP contribution is 2.13. The van der Waals surface area contributed by atoms with Gasteiger partial charge in [-0.2, -0.15) is 0 Å². The Hall–Kier alpha value is -1.22. The third-order valence-electron chi connectivity index (χ3n) is 2.04. The molecule has 1 aromatic rings. The summed E-state index contributed by atoms with van der Waals surface area (Å²) in [6.07, 6.45) is 2.87. The molecule has 0 aliphatic carbocycles. The lowest BCUT2D eigenvalue weighted by Crippen LogP contribution is -2.25. The van der Waals surface area contributed by atoms with Crippen molar-refractivity contribution in [3.63, 3.8) is 0 Å². The normalized spacial score (nSPS) is 12.4. The maximum atomic E-state index is 5.88. The first-order valence-electron chi connectivity index (χ1n) is 6.07.